The molecule has 2 amide bonds. The van der Waals surface area contributed by atoms with E-state index in [1.54, 1.807) is 17.5 Å². The maximum atomic E-state index is 12.5. The van der Waals surface area contributed by atoms with Crippen molar-refractivity contribution in [2.75, 3.05) is 0 Å². The Balaban J connectivity index is 2.80. The number of aliphatic carboxylic acids is 1. The van der Waals surface area contributed by atoms with Gasteiger partial charge in [-0.25, -0.2) is 4.79 Å². The molecule has 3 N–H and O–H groups in total. The molecule has 1 rings (SSSR count). The Morgan fingerprint density at radius 1 is 1.04 bits per heavy atom. The van der Waals surface area contributed by atoms with Crippen LogP contribution in [-0.2, 0) is 9.59 Å². The van der Waals surface area contributed by atoms with Gasteiger partial charge in [0.1, 0.15) is 12.1 Å². The number of carboxylic acid groups (broad SMARTS) is 1. The van der Waals surface area contributed by atoms with Crippen molar-refractivity contribution in [2.24, 2.45) is 11.8 Å². The van der Waals surface area contributed by atoms with Crippen LogP contribution in [0, 0.1) is 11.8 Å². The molecule has 1 aromatic heterocycles. The molecule has 0 aliphatic heterocycles. The third-order valence-electron chi connectivity index (χ3n) is 3.40. The van der Waals surface area contributed by atoms with Crippen LogP contribution in [0.5, 0.6) is 0 Å². The van der Waals surface area contributed by atoms with E-state index in [1.807, 2.05) is 27.7 Å². The third kappa shape index (κ3) is 6.70. The third-order valence-corrected chi connectivity index (χ3v) is 4.26. The minimum absolute atomic E-state index is 0.135. The Labute approximate surface area is 146 Å². The number of nitrogens with one attached hydrogen (secondary N) is 2. The second-order valence-corrected chi connectivity index (χ2v) is 7.61. The Kier molecular flexibility index (Phi) is 7.91. The smallest absolute Gasteiger partial charge is 0.326 e. The van der Waals surface area contributed by atoms with E-state index in [9.17, 15) is 19.5 Å². The number of rotatable bonds is 9. The van der Waals surface area contributed by atoms with E-state index in [2.05, 4.69) is 10.6 Å². The summed E-state index contributed by atoms with van der Waals surface area (Å²) in [5.74, 6) is -1.53. The summed E-state index contributed by atoms with van der Waals surface area (Å²) < 4.78 is 0. The van der Waals surface area contributed by atoms with Crippen LogP contribution in [0.3, 0.4) is 0 Å². The quantitative estimate of drug-likeness (QED) is 0.635. The van der Waals surface area contributed by atoms with Crippen LogP contribution in [0.15, 0.2) is 17.5 Å². The summed E-state index contributed by atoms with van der Waals surface area (Å²) in [5.41, 5.74) is 0. The predicted molar refractivity (Wildman–Crippen MR) is 94.0 cm³/mol. The van der Waals surface area contributed by atoms with E-state index in [4.69, 9.17) is 0 Å². The molecule has 1 aromatic rings. The fourth-order valence-electron chi connectivity index (χ4n) is 2.31. The van der Waals surface area contributed by atoms with Crippen molar-refractivity contribution < 1.29 is 19.5 Å². The second-order valence-electron chi connectivity index (χ2n) is 6.66. The zero-order valence-corrected chi connectivity index (χ0v) is 15.4. The van der Waals surface area contributed by atoms with E-state index in [1.165, 1.54) is 11.3 Å². The summed E-state index contributed by atoms with van der Waals surface area (Å²) in [7, 11) is 0. The van der Waals surface area contributed by atoms with E-state index < -0.39 is 24.0 Å². The van der Waals surface area contributed by atoms with Crippen LogP contribution in [-0.4, -0.2) is 35.0 Å². The number of amides is 2. The summed E-state index contributed by atoms with van der Waals surface area (Å²) in [6.45, 7) is 7.68. The van der Waals surface area contributed by atoms with E-state index in [-0.39, 0.29) is 17.7 Å². The molecule has 6 nitrogen and oxygen atoms in total. The summed E-state index contributed by atoms with van der Waals surface area (Å²) in [5, 5.41) is 16.3. The molecule has 0 unspecified atom stereocenters. The summed E-state index contributed by atoms with van der Waals surface area (Å²) >= 11 is 1.29. The van der Waals surface area contributed by atoms with Gasteiger partial charge in [-0.3, -0.25) is 9.59 Å². The lowest BCUT2D eigenvalue weighted by molar-refractivity contribution is -0.142. The molecular formula is C17H26N2O4S. The zero-order valence-electron chi connectivity index (χ0n) is 14.5. The largest absolute Gasteiger partial charge is 0.480 e. The van der Waals surface area contributed by atoms with Crippen molar-refractivity contribution in [1.82, 2.24) is 10.6 Å². The minimum atomic E-state index is -1.06. The lowest BCUT2D eigenvalue weighted by Crippen LogP contribution is -2.52. The van der Waals surface area contributed by atoms with Gasteiger partial charge < -0.3 is 15.7 Å². The molecule has 134 valence electrons. The van der Waals surface area contributed by atoms with Crippen LogP contribution in [0.2, 0.25) is 0 Å². The topological polar surface area (TPSA) is 95.5 Å². The molecule has 0 aromatic carbocycles. The average Bonchev–Trinajstić information content (AvgIpc) is 2.98. The number of thiophene rings is 1. The first-order valence-corrected chi connectivity index (χ1v) is 8.96. The van der Waals surface area contributed by atoms with Gasteiger partial charge in [-0.05, 0) is 36.1 Å². The summed E-state index contributed by atoms with van der Waals surface area (Å²) in [6.07, 6.45) is 0.783. The first-order valence-electron chi connectivity index (χ1n) is 8.08. The summed E-state index contributed by atoms with van der Waals surface area (Å²) in [6, 6.07) is 1.74. The van der Waals surface area contributed by atoms with Crippen molar-refractivity contribution in [3.05, 3.63) is 22.4 Å². The molecule has 0 bridgehead atoms. The minimum Gasteiger partial charge on any atom is -0.480 e. The molecule has 24 heavy (non-hydrogen) atoms. The van der Waals surface area contributed by atoms with Gasteiger partial charge in [-0.15, -0.1) is 11.3 Å². The molecule has 0 aliphatic carbocycles. The SMILES string of the molecule is CC(C)C[C@H](NC(=O)[C@H](CC(C)C)NC(=O)c1cccs1)C(=O)O. The monoisotopic (exact) mass is 354 g/mol. The van der Waals surface area contributed by atoms with E-state index in [0.717, 1.165) is 0 Å². The number of carbonyl (C=O) groups excluding carboxylic acids is 2. The van der Waals surface area contributed by atoms with Gasteiger partial charge in [-0.1, -0.05) is 33.8 Å². The first-order chi connectivity index (χ1) is 11.2. The van der Waals surface area contributed by atoms with Crippen molar-refractivity contribution in [3.63, 3.8) is 0 Å². The van der Waals surface area contributed by atoms with Gasteiger partial charge in [0.15, 0.2) is 0 Å². The molecule has 0 spiro atoms. The van der Waals surface area contributed by atoms with Crippen LogP contribution in [0.4, 0.5) is 0 Å². The van der Waals surface area contributed by atoms with Crippen molar-refractivity contribution in [1.29, 1.82) is 0 Å². The molecule has 0 saturated carbocycles. The van der Waals surface area contributed by atoms with Gasteiger partial charge >= 0.3 is 5.97 Å². The molecule has 0 radical (unpaired) electrons. The van der Waals surface area contributed by atoms with Crippen LogP contribution >= 0.6 is 11.3 Å². The van der Waals surface area contributed by atoms with Crippen LogP contribution < -0.4 is 10.6 Å². The van der Waals surface area contributed by atoms with E-state index in [0.29, 0.717) is 17.7 Å². The van der Waals surface area contributed by atoms with Gasteiger partial charge in [0.2, 0.25) is 5.91 Å². The maximum Gasteiger partial charge on any atom is 0.326 e. The Morgan fingerprint density at radius 3 is 2.08 bits per heavy atom. The lowest BCUT2D eigenvalue weighted by Gasteiger charge is -2.23. The molecule has 7 heteroatoms. The van der Waals surface area contributed by atoms with Crippen molar-refractivity contribution in [3.8, 4) is 0 Å². The first kappa shape index (κ1) is 20.2. The Hall–Kier alpha value is -1.89. The fraction of sp³-hybridized carbons (Fsp3) is 0.588. The van der Waals surface area contributed by atoms with Gasteiger partial charge in [0.25, 0.3) is 5.91 Å². The Morgan fingerprint density at radius 2 is 1.62 bits per heavy atom. The van der Waals surface area contributed by atoms with Gasteiger partial charge in [0.05, 0.1) is 4.88 Å². The number of carbonyl (C=O) groups is 3. The highest BCUT2D eigenvalue weighted by molar-refractivity contribution is 7.12. The standard InChI is InChI=1S/C17H26N2O4S/c1-10(2)8-12(18-16(21)14-6-5-7-24-14)15(20)19-13(17(22)23)9-11(3)4/h5-7,10-13H,8-9H2,1-4H3,(H,18,21)(H,19,20)(H,22,23)/t12-,13-/m0/s1. The Bertz CT molecular complexity index is 555. The molecule has 2 atom stereocenters. The van der Waals surface area contributed by atoms with Crippen LogP contribution in [0.25, 0.3) is 0 Å². The van der Waals surface area contributed by atoms with E-state index >= 15 is 0 Å². The lowest BCUT2D eigenvalue weighted by atomic mass is 10.0. The predicted octanol–water partition coefficient (Wildman–Crippen LogP) is 2.51. The molecule has 0 fully saturated rings. The molecular weight excluding hydrogens is 328 g/mol. The normalized spacial score (nSPS) is 13.6. The zero-order chi connectivity index (χ0) is 18.3. The number of hydrogen-bond donors (Lipinski definition) is 3. The highest BCUT2D eigenvalue weighted by atomic mass is 32.1. The second kappa shape index (κ2) is 9.42. The number of carboxylic acids is 1. The van der Waals surface area contributed by atoms with Gasteiger partial charge in [-0.2, -0.15) is 0 Å². The van der Waals surface area contributed by atoms with Crippen molar-refractivity contribution >= 4 is 29.1 Å². The highest BCUT2D eigenvalue weighted by Gasteiger charge is 2.28. The maximum absolute atomic E-state index is 12.5. The molecule has 0 saturated heterocycles. The fourth-order valence-corrected chi connectivity index (χ4v) is 2.93. The highest BCUT2D eigenvalue weighted by Crippen LogP contribution is 2.12. The molecule has 0 aliphatic rings. The van der Waals surface area contributed by atoms with Gasteiger partial charge in [0, 0.05) is 0 Å². The molecule has 1 heterocycles. The average molecular weight is 354 g/mol. The van der Waals surface area contributed by atoms with Crippen molar-refractivity contribution in [2.45, 2.75) is 52.6 Å². The van der Waals surface area contributed by atoms with Crippen LogP contribution in [0.1, 0.15) is 50.2 Å². The summed E-state index contributed by atoms with van der Waals surface area (Å²) in [4.78, 5) is 36.5. The number of hydrogen-bond acceptors (Lipinski definition) is 4.